The van der Waals surface area contributed by atoms with Crippen LogP contribution >= 0.6 is 11.3 Å². The zero-order valence-electron chi connectivity index (χ0n) is 12.6. The average molecular weight is 316 g/mol. The van der Waals surface area contributed by atoms with Gasteiger partial charge in [0.15, 0.2) is 0 Å². The van der Waals surface area contributed by atoms with Gasteiger partial charge in [-0.1, -0.05) is 18.9 Å². The summed E-state index contributed by atoms with van der Waals surface area (Å²) in [4.78, 5) is 28.3. The molecule has 4 nitrogen and oxygen atoms in total. The van der Waals surface area contributed by atoms with Gasteiger partial charge in [-0.05, 0) is 49.3 Å². The lowest BCUT2D eigenvalue weighted by molar-refractivity contribution is 0.0921. The molecule has 1 aliphatic rings. The van der Waals surface area contributed by atoms with Gasteiger partial charge in [0.25, 0.3) is 11.5 Å². The van der Waals surface area contributed by atoms with E-state index in [4.69, 9.17) is 0 Å². The Morgan fingerprint density at radius 1 is 1.32 bits per heavy atom. The number of hydrogen-bond acceptors (Lipinski definition) is 3. The molecule has 1 unspecified atom stereocenters. The van der Waals surface area contributed by atoms with Gasteiger partial charge < -0.3 is 10.3 Å². The summed E-state index contributed by atoms with van der Waals surface area (Å²) in [6.07, 6.45) is 4.70. The fourth-order valence-electron chi connectivity index (χ4n) is 3.15. The molecule has 0 aliphatic heterocycles. The normalized spacial score (nSPS) is 16.6. The highest BCUT2D eigenvalue weighted by atomic mass is 32.1. The van der Waals surface area contributed by atoms with E-state index in [1.54, 1.807) is 30.4 Å². The van der Waals surface area contributed by atoms with Gasteiger partial charge in [-0.2, -0.15) is 0 Å². The number of thiophene rings is 1. The van der Waals surface area contributed by atoms with Crippen LogP contribution in [-0.2, 0) is 0 Å². The first-order valence-corrected chi connectivity index (χ1v) is 8.57. The zero-order chi connectivity index (χ0) is 15.5. The van der Waals surface area contributed by atoms with Gasteiger partial charge in [0.2, 0.25) is 0 Å². The predicted molar refractivity (Wildman–Crippen MR) is 88.3 cm³/mol. The van der Waals surface area contributed by atoms with Crippen molar-refractivity contribution in [2.75, 3.05) is 0 Å². The predicted octanol–water partition coefficient (Wildman–Crippen LogP) is 3.41. The van der Waals surface area contributed by atoms with Gasteiger partial charge in [0, 0.05) is 10.6 Å². The lowest BCUT2D eigenvalue weighted by Crippen LogP contribution is -2.35. The van der Waals surface area contributed by atoms with Crippen molar-refractivity contribution in [3.63, 3.8) is 0 Å². The standard InChI is InChI=1S/C17H20N2O2S/c1-11-8-9-13(16(20)18-11)17(21)19-15(12-5-2-3-6-12)14-7-4-10-22-14/h4,7-10,12,15H,2-3,5-6H2,1H3,(H,18,20)(H,19,21). The fraction of sp³-hybridized carbons (Fsp3) is 0.412. The van der Waals surface area contributed by atoms with Crippen molar-refractivity contribution in [3.05, 3.63) is 56.1 Å². The molecule has 2 aromatic rings. The Hall–Kier alpha value is -1.88. The van der Waals surface area contributed by atoms with Crippen molar-refractivity contribution in [2.45, 2.75) is 38.6 Å². The Bertz CT molecular complexity index is 700. The molecular formula is C17H20N2O2S. The van der Waals surface area contributed by atoms with Crippen LogP contribution in [0.4, 0.5) is 0 Å². The highest BCUT2D eigenvalue weighted by Crippen LogP contribution is 2.37. The van der Waals surface area contributed by atoms with Gasteiger partial charge in [-0.15, -0.1) is 11.3 Å². The number of nitrogens with one attached hydrogen (secondary N) is 2. The van der Waals surface area contributed by atoms with Gasteiger partial charge in [-0.3, -0.25) is 9.59 Å². The number of hydrogen-bond donors (Lipinski definition) is 2. The smallest absolute Gasteiger partial charge is 0.260 e. The van der Waals surface area contributed by atoms with Crippen LogP contribution in [0.15, 0.2) is 34.4 Å². The molecule has 1 atom stereocenters. The van der Waals surface area contributed by atoms with Crippen LogP contribution in [0.25, 0.3) is 0 Å². The van der Waals surface area contributed by atoms with Crippen LogP contribution in [0, 0.1) is 12.8 Å². The molecule has 1 fully saturated rings. The summed E-state index contributed by atoms with van der Waals surface area (Å²) in [5.41, 5.74) is 0.617. The monoisotopic (exact) mass is 316 g/mol. The summed E-state index contributed by atoms with van der Waals surface area (Å²) in [6, 6.07) is 7.44. The van der Waals surface area contributed by atoms with Gasteiger partial charge in [0.05, 0.1) is 6.04 Å². The first-order chi connectivity index (χ1) is 10.6. The number of carbonyl (C=O) groups excluding carboxylic acids is 1. The summed E-state index contributed by atoms with van der Waals surface area (Å²) in [5, 5.41) is 5.12. The van der Waals surface area contributed by atoms with E-state index in [0.717, 1.165) is 18.5 Å². The van der Waals surface area contributed by atoms with Crippen LogP contribution in [0.1, 0.15) is 52.7 Å². The summed E-state index contributed by atoms with van der Waals surface area (Å²) in [6.45, 7) is 1.80. The first kappa shape index (κ1) is 15.0. The second-order valence-electron chi connectivity index (χ2n) is 5.90. The van der Waals surface area contributed by atoms with Crippen LogP contribution in [0.2, 0.25) is 0 Å². The minimum Gasteiger partial charge on any atom is -0.344 e. The maximum Gasteiger partial charge on any atom is 0.260 e. The number of aromatic amines is 1. The van der Waals surface area contributed by atoms with Crippen molar-refractivity contribution in [1.29, 1.82) is 0 Å². The molecule has 0 saturated heterocycles. The van der Waals surface area contributed by atoms with Gasteiger partial charge in [0.1, 0.15) is 5.56 Å². The summed E-state index contributed by atoms with van der Waals surface area (Å²) >= 11 is 1.66. The molecule has 0 bridgehead atoms. The van der Waals surface area contributed by atoms with Gasteiger partial charge >= 0.3 is 0 Å². The van der Waals surface area contributed by atoms with Crippen molar-refractivity contribution in [2.24, 2.45) is 5.92 Å². The Kier molecular flexibility index (Phi) is 4.43. The van der Waals surface area contributed by atoms with Crippen LogP contribution < -0.4 is 10.9 Å². The van der Waals surface area contributed by atoms with E-state index in [-0.39, 0.29) is 23.1 Å². The van der Waals surface area contributed by atoms with Crippen LogP contribution in [0.3, 0.4) is 0 Å². The maximum absolute atomic E-state index is 12.5. The van der Waals surface area contributed by atoms with E-state index < -0.39 is 0 Å². The third-order valence-electron chi connectivity index (χ3n) is 4.31. The zero-order valence-corrected chi connectivity index (χ0v) is 13.4. The number of aryl methyl sites for hydroxylation is 1. The van der Waals surface area contributed by atoms with Crippen LogP contribution in [0.5, 0.6) is 0 Å². The quantitative estimate of drug-likeness (QED) is 0.908. The summed E-state index contributed by atoms with van der Waals surface area (Å²) < 4.78 is 0. The lowest BCUT2D eigenvalue weighted by Gasteiger charge is -2.23. The van der Waals surface area contributed by atoms with E-state index in [2.05, 4.69) is 16.4 Å². The molecule has 3 rings (SSSR count). The Morgan fingerprint density at radius 3 is 2.73 bits per heavy atom. The summed E-state index contributed by atoms with van der Waals surface area (Å²) in [7, 11) is 0. The Balaban J connectivity index is 1.83. The van der Waals surface area contributed by atoms with Crippen molar-refractivity contribution in [1.82, 2.24) is 10.3 Å². The number of H-pyrrole nitrogens is 1. The second-order valence-corrected chi connectivity index (χ2v) is 6.87. The van der Waals surface area contributed by atoms with E-state index in [9.17, 15) is 9.59 Å². The average Bonchev–Trinajstić information content (AvgIpc) is 3.18. The minimum atomic E-state index is -0.325. The molecule has 0 aromatic carbocycles. The molecule has 1 saturated carbocycles. The summed E-state index contributed by atoms with van der Waals surface area (Å²) in [5.74, 6) is 0.179. The highest BCUT2D eigenvalue weighted by molar-refractivity contribution is 7.10. The van der Waals surface area contributed by atoms with E-state index in [0.29, 0.717) is 5.92 Å². The molecule has 0 radical (unpaired) electrons. The molecule has 2 N–H and O–H groups in total. The molecular weight excluding hydrogens is 296 g/mol. The first-order valence-electron chi connectivity index (χ1n) is 7.69. The molecule has 1 aliphatic carbocycles. The second kappa shape index (κ2) is 6.48. The molecule has 2 heterocycles. The lowest BCUT2D eigenvalue weighted by atomic mass is 9.96. The Labute approximate surface area is 133 Å². The molecule has 1 amide bonds. The number of amides is 1. The SMILES string of the molecule is Cc1ccc(C(=O)NC(c2cccs2)C2CCCC2)c(=O)[nH]1. The number of carbonyl (C=O) groups is 1. The van der Waals surface area contributed by atoms with E-state index >= 15 is 0 Å². The number of aromatic nitrogens is 1. The topological polar surface area (TPSA) is 62.0 Å². The third-order valence-corrected chi connectivity index (χ3v) is 5.26. The largest absolute Gasteiger partial charge is 0.344 e. The van der Waals surface area contributed by atoms with Gasteiger partial charge in [-0.25, -0.2) is 0 Å². The highest BCUT2D eigenvalue weighted by Gasteiger charge is 2.29. The molecule has 2 aromatic heterocycles. The Morgan fingerprint density at radius 2 is 2.09 bits per heavy atom. The maximum atomic E-state index is 12.5. The minimum absolute atomic E-state index is 0.00991. The molecule has 22 heavy (non-hydrogen) atoms. The molecule has 116 valence electrons. The fourth-order valence-corrected chi connectivity index (χ4v) is 4.02. The van der Waals surface area contributed by atoms with Crippen molar-refractivity contribution >= 4 is 17.2 Å². The molecule has 0 spiro atoms. The number of rotatable bonds is 4. The molecule has 5 heteroatoms. The number of pyridine rings is 1. The third kappa shape index (κ3) is 3.14. The van der Waals surface area contributed by atoms with E-state index in [1.165, 1.54) is 17.7 Å². The van der Waals surface area contributed by atoms with Crippen LogP contribution in [-0.4, -0.2) is 10.9 Å². The van der Waals surface area contributed by atoms with Crippen molar-refractivity contribution < 1.29 is 4.79 Å². The van der Waals surface area contributed by atoms with E-state index in [1.807, 2.05) is 11.4 Å². The van der Waals surface area contributed by atoms with Crippen molar-refractivity contribution in [3.8, 4) is 0 Å².